The summed E-state index contributed by atoms with van der Waals surface area (Å²) in [5.41, 5.74) is 2.36. The van der Waals surface area contributed by atoms with Crippen molar-refractivity contribution < 1.29 is 4.74 Å². The van der Waals surface area contributed by atoms with E-state index in [0.717, 1.165) is 43.7 Å². The highest BCUT2D eigenvalue weighted by Crippen LogP contribution is 2.30. The van der Waals surface area contributed by atoms with E-state index < -0.39 is 0 Å². The van der Waals surface area contributed by atoms with Crippen molar-refractivity contribution in [2.75, 3.05) is 19.8 Å². The minimum absolute atomic E-state index is 0.706. The van der Waals surface area contributed by atoms with E-state index in [1.807, 2.05) is 24.4 Å². The lowest BCUT2D eigenvalue weighted by molar-refractivity contribution is 0.161. The largest absolute Gasteiger partial charge is 0.381 e. The van der Waals surface area contributed by atoms with Crippen molar-refractivity contribution >= 4 is 0 Å². The highest BCUT2D eigenvalue weighted by atomic mass is 16.5. The van der Waals surface area contributed by atoms with Crippen LogP contribution in [0.25, 0.3) is 11.4 Å². The minimum Gasteiger partial charge on any atom is -0.381 e. The van der Waals surface area contributed by atoms with Gasteiger partial charge in [0.05, 0.1) is 6.61 Å². The molecule has 2 aliphatic rings. The Kier molecular flexibility index (Phi) is 3.95. The average Bonchev–Trinajstić information content (AvgIpc) is 3.08. The number of ether oxygens (including phenoxy) is 1. The average molecular weight is 297 g/mol. The van der Waals surface area contributed by atoms with Crippen LogP contribution < -0.4 is 0 Å². The first kappa shape index (κ1) is 14.0. The number of rotatable bonds is 6. The maximum atomic E-state index is 5.52. The lowest BCUT2D eigenvalue weighted by Crippen LogP contribution is -2.31. The number of imidazole rings is 1. The third-order valence-corrected chi connectivity index (χ3v) is 4.63. The van der Waals surface area contributed by atoms with Crippen LogP contribution in [0.2, 0.25) is 0 Å². The van der Waals surface area contributed by atoms with Crippen molar-refractivity contribution in [3.05, 3.63) is 42.2 Å². The van der Waals surface area contributed by atoms with Crippen molar-refractivity contribution in [1.82, 2.24) is 14.9 Å². The summed E-state index contributed by atoms with van der Waals surface area (Å²) in [5.74, 6) is 1.67. The van der Waals surface area contributed by atoms with Gasteiger partial charge in [-0.3, -0.25) is 4.90 Å². The van der Waals surface area contributed by atoms with E-state index in [1.165, 1.54) is 25.0 Å². The molecular formula is C18H23N3O. The molecule has 1 saturated heterocycles. The molecule has 1 aliphatic heterocycles. The molecule has 0 amide bonds. The predicted molar refractivity (Wildman–Crippen MR) is 86.4 cm³/mol. The zero-order valence-corrected chi connectivity index (χ0v) is 12.9. The number of H-pyrrole nitrogens is 1. The van der Waals surface area contributed by atoms with Crippen molar-refractivity contribution in [3.8, 4) is 11.4 Å². The molecule has 1 aromatic heterocycles. The highest BCUT2D eigenvalue weighted by Gasteiger charge is 2.31. The zero-order chi connectivity index (χ0) is 14.8. The molecule has 0 radical (unpaired) electrons. The summed E-state index contributed by atoms with van der Waals surface area (Å²) in [6, 6.07) is 11.1. The number of aromatic nitrogens is 2. The predicted octanol–water partition coefficient (Wildman–Crippen LogP) is 3.08. The van der Waals surface area contributed by atoms with Gasteiger partial charge in [0.25, 0.3) is 0 Å². The van der Waals surface area contributed by atoms with E-state index in [-0.39, 0.29) is 0 Å². The summed E-state index contributed by atoms with van der Waals surface area (Å²) < 4.78 is 5.52. The summed E-state index contributed by atoms with van der Waals surface area (Å²) in [6.45, 7) is 4.00. The topological polar surface area (TPSA) is 41.2 Å². The van der Waals surface area contributed by atoms with Crippen LogP contribution in [0.3, 0.4) is 0 Å². The van der Waals surface area contributed by atoms with Crippen LogP contribution in [0.15, 0.2) is 36.5 Å². The highest BCUT2D eigenvalue weighted by molar-refractivity contribution is 5.54. The van der Waals surface area contributed by atoms with Crippen LogP contribution in [0, 0.1) is 5.92 Å². The maximum Gasteiger partial charge on any atom is 0.137 e. The molecule has 1 aliphatic carbocycles. The fourth-order valence-corrected chi connectivity index (χ4v) is 3.24. The van der Waals surface area contributed by atoms with Crippen molar-refractivity contribution in [3.63, 3.8) is 0 Å². The third-order valence-electron chi connectivity index (χ3n) is 4.63. The fourth-order valence-electron chi connectivity index (χ4n) is 3.24. The fraction of sp³-hybridized carbons (Fsp3) is 0.500. The lowest BCUT2D eigenvalue weighted by atomic mass is 10.1. The molecule has 2 aromatic rings. The van der Waals surface area contributed by atoms with E-state index in [2.05, 4.69) is 27.0 Å². The Hall–Kier alpha value is -1.65. The summed E-state index contributed by atoms with van der Waals surface area (Å²) in [4.78, 5) is 10.6. The molecule has 0 bridgehead atoms. The summed E-state index contributed by atoms with van der Waals surface area (Å²) >= 11 is 0. The smallest absolute Gasteiger partial charge is 0.137 e. The first-order valence-electron chi connectivity index (χ1n) is 8.29. The molecule has 1 atom stereocenters. The van der Waals surface area contributed by atoms with Crippen LogP contribution in [-0.4, -0.2) is 40.7 Å². The second-order valence-corrected chi connectivity index (χ2v) is 6.51. The molecule has 1 aromatic carbocycles. The monoisotopic (exact) mass is 297 g/mol. The van der Waals surface area contributed by atoms with Crippen LogP contribution in [0.5, 0.6) is 0 Å². The van der Waals surface area contributed by atoms with Crippen LogP contribution in [0.1, 0.15) is 25.0 Å². The van der Waals surface area contributed by atoms with Crippen LogP contribution in [0.4, 0.5) is 0 Å². The molecule has 4 nitrogen and oxygen atoms in total. The standard InChI is InChI=1S/C18H23N3O/c1-2-4-15(5-3-1)18-19-10-16(20-18)12-21(17-6-7-17)11-14-8-9-22-13-14/h1-5,10,14,17H,6-9,11-13H2,(H,19,20). The van der Waals surface area contributed by atoms with Gasteiger partial charge in [-0.1, -0.05) is 30.3 Å². The van der Waals surface area contributed by atoms with Gasteiger partial charge in [-0.15, -0.1) is 0 Å². The summed E-state index contributed by atoms with van der Waals surface area (Å²) in [5, 5.41) is 0. The van der Waals surface area contributed by atoms with E-state index in [1.54, 1.807) is 0 Å². The molecule has 1 saturated carbocycles. The molecule has 4 heteroatoms. The van der Waals surface area contributed by atoms with Gasteiger partial charge in [-0.25, -0.2) is 4.98 Å². The van der Waals surface area contributed by atoms with E-state index in [9.17, 15) is 0 Å². The first-order valence-corrected chi connectivity index (χ1v) is 8.29. The molecule has 1 N–H and O–H groups in total. The minimum atomic E-state index is 0.706. The Balaban J connectivity index is 1.43. The van der Waals surface area contributed by atoms with Gasteiger partial charge < -0.3 is 9.72 Å². The van der Waals surface area contributed by atoms with Gasteiger partial charge in [0.1, 0.15) is 5.82 Å². The van der Waals surface area contributed by atoms with Gasteiger partial charge in [0.2, 0.25) is 0 Å². The SMILES string of the molecule is c1ccc(-c2ncc(CN(CC3CCOC3)C3CC3)[nH]2)cc1. The van der Waals surface area contributed by atoms with E-state index >= 15 is 0 Å². The normalized spacial score (nSPS) is 21.6. The quantitative estimate of drug-likeness (QED) is 0.891. The van der Waals surface area contributed by atoms with Crippen LogP contribution in [-0.2, 0) is 11.3 Å². The van der Waals surface area contributed by atoms with Gasteiger partial charge in [0.15, 0.2) is 0 Å². The van der Waals surface area contributed by atoms with Gasteiger partial charge in [-0.05, 0) is 25.2 Å². The van der Waals surface area contributed by atoms with E-state index in [0.29, 0.717) is 5.92 Å². The van der Waals surface area contributed by atoms with Gasteiger partial charge in [0, 0.05) is 43.2 Å². The molecule has 22 heavy (non-hydrogen) atoms. The molecule has 116 valence electrons. The molecule has 1 unspecified atom stereocenters. The Morgan fingerprint density at radius 3 is 2.77 bits per heavy atom. The summed E-state index contributed by atoms with van der Waals surface area (Å²) in [7, 11) is 0. The van der Waals surface area contributed by atoms with Crippen molar-refractivity contribution in [2.24, 2.45) is 5.92 Å². The van der Waals surface area contributed by atoms with Crippen molar-refractivity contribution in [1.29, 1.82) is 0 Å². The lowest BCUT2D eigenvalue weighted by Gasteiger charge is -2.24. The molecule has 2 fully saturated rings. The van der Waals surface area contributed by atoms with Gasteiger partial charge in [-0.2, -0.15) is 0 Å². The third kappa shape index (κ3) is 3.23. The number of nitrogens with one attached hydrogen (secondary N) is 1. The second-order valence-electron chi connectivity index (χ2n) is 6.51. The Morgan fingerprint density at radius 2 is 2.05 bits per heavy atom. The maximum absolute atomic E-state index is 5.52. The number of benzene rings is 1. The van der Waals surface area contributed by atoms with Crippen molar-refractivity contribution in [2.45, 2.75) is 31.8 Å². The second kappa shape index (κ2) is 6.23. The Morgan fingerprint density at radius 1 is 1.18 bits per heavy atom. The molecule has 0 spiro atoms. The number of nitrogens with zero attached hydrogens (tertiary/aromatic N) is 2. The Bertz CT molecular complexity index is 600. The number of hydrogen-bond donors (Lipinski definition) is 1. The molecular weight excluding hydrogens is 274 g/mol. The van der Waals surface area contributed by atoms with Crippen LogP contribution >= 0.6 is 0 Å². The van der Waals surface area contributed by atoms with E-state index in [4.69, 9.17) is 4.74 Å². The zero-order valence-electron chi connectivity index (χ0n) is 12.9. The summed E-state index contributed by atoms with van der Waals surface area (Å²) in [6.07, 6.45) is 5.88. The van der Waals surface area contributed by atoms with Gasteiger partial charge >= 0.3 is 0 Å². The molecule has 2 heterocycles. The Labute approximate surface area is 131 Å². The first-order chi connectivity index (χ1) is 10.9. The number of aromatic amines is 1. The number of hydrogen-bond acceptors (Lipinski definition) is 3. The molecule has 4 rings (SSSR count).